The predicted octanol–water partition coefficient (Wildman–Crippen LogP) is 0.313. The van der Waals surface area contributed by atoms with E-state index in [2.05, 4.69) is 12.2 Å². The van der Waals surface area contributed by atoms with Crippen molar-refractivity contribution in [3.8, 4) is 0 Å². The van der Waals surface area contributed by atoms with E-state index in [1.807, 2.05) is 16.7 Å². The Balaban J connectivity index is 1.91. The molecular formula is C14H25N3O2. The van der Waals surface area contributed by atoms with E-state index in [4.69, 9.17) is 0 Å². The number of rotatable bonds is 2. The Morgan fingerprint density at radius 2 is 1.79 bits per heavy atom. The van der Waals surface area contributed by atoms with Gasteiger partial charge < -0.3 is 15.1 Å². The van der Waals surface area contributed by atoms with Crippen LogP contribution in [-0.2, 0) is 9.59 Å². The van der Waals surface area contributed by atoms with Gasteiger partial charge in [0.05, 0.1) is 5.92 Å². The first-order valence-corrected chi connectivity index (χ1v) is 7.40. The average molecular weight is 267 g/mol. The molecule has 0 spiro atoms. The standard InChI is InChI=1S/C14H25N3O2/c1-3-13(18)16-5-4-6-17(8-7-16)14(19)12-10-15-9-11(12)2/h11-12,15H,3-10H2,1-2H3/t11-,12-/m1/s1. The molecule has 19 heavy (non-hydrogen) atoms. The summed E-state index contributed by atoms with van der Waals surface area (Å²) >= 11 is 0. The Labute approximate surface area is 115 Å². The van der Waals surface area contributed by atoms with Gasteiger partial charge in [0.1, 0.15) is 0 Å². The lowest BCUT2D eigenvalue weighted by Gasteiger charge is -2.25. The van der Waals surface area contributed by atoms with Crippen molar-refractivity contribution in [2.45, 2.75) is 26.7 Å². The minimum Gasteiger partial charge on any atom is -0.341 e. The molecule has 5 heteroatoms. The van der Waals surface area contributed by atoms with Gasteiger partial charge in [0.2, 0.25) is 11.8 Å². The molecule has 0 aromatic rings. The zero-order chi connectivity index (χ0) is 13.8. The van der Waals surface area contributed by atoms with Crippen molar-refractivity contribution in [3.63, 3.8) is 0 Å². The van der Waals surface area contributed by atoms with Crippen LogP contribution in [0, 0.1) is 11.8 Å². The zero-order valence-electron chi connectivity index (χ0n) is 12.0. The first-order chi connectivity index (χ1) is 9.13. The van der Waals surface area contributed by atoms with Gasteiger partial charge in [0, 0.05) is 39.1 Å². The Morgan fingerprint density at radius 3 is 2.42 bits per heavy atom. The highest BCUT2D eigenvalue weighted by atomic mass is 16.2. The fraction of sp³-hybridized carbons (Fsp3) is 0.857. The predicted molar refractivity (Wildman–Crippen MR) is 73.6 cm³/mol. The highest BCUT2D eigenvalue weighted by Gasteiger charge is 2.33. The van der Waals surface area contributed by atoms with Crippen molar-refractivity contribution >= 4 is 11.8 Å². The molecule has 0 bridgehead atoms. The van der Waals surface area contributed by atoms with E-state index in [1.54, 1.807) is 0 Å². The highest BCUT2D eigenvalue weighted by Crippen LogP contribution is 2.19. The molecule has 2 aliphatic heterocycles. The molecule has 2 rings (SSSR count). The number of hydrogen-bond donors (Lipinski definition) is 1. The lowest BCUT2D eigenvalue weighted by atomic mass is 9.96. The van der Waals surface area contributed by atoms with Crippen molar-refractivity contribution in [3.05, 3.63) is 0 Å². The number of carbonyl (C=O) groups is 2. The molecule has 2 atom stereocenters. The van der Waals surface area contributed by atoms with Gasteiger partial charge in [-0.3, -0.25) is 9.59 Å². The summed E-state index contributed by atoms with van der Waals surface area (Å²) in [7, 11) is 0. The summed E-state index contributed by atoms with van der Waals surface area (Å²) in [5, 5.41) is 3.28. The Morgan fingerprint density at radius 1 is 1.11 bits per heavy atom. The maximum Gasteiger partial charge on any atom is 0.227 e. The SMILES string of the molecule is CCC(=O)N1CCCN(C(=O)[C@@H]2CNC[C@H]2C)CC1. The van der Waals surface area contributed by atoms with Gasteiger partial charge in [0.25, 0.3) is 0 Å². The highest BCUT2D eigenvalue weighted by molar-refractivity contribution is 5.80. The Hall–Kier alpha value is -1.10. The second-order valence-electron chi connectivity index (χ2n) is 5.66. The van der Waals surface area contributed by atoms with E-state index < -0.39 is 0 Å². The second kappa shape index (κ2) is 6.37. The largest absolute Gasteiger partial charge is 0.341 e. The third kappa shape index (κ3) is 3.26. The molecule has 5 nitrogen and oxygen atoms in total. The van der Waals surface area contributed by atoms with Gasteiger partial charge in [-0.25, -0.2) is 0 Å². The van der Waals surface area contributed by atoms with Crippen LogP contribution in [0.15, 0.2) is 0 Å². The number of amides is 2. The number of nitrogens with one attached hydrogen (secondary N) is 1. The van der Waals surface area contributed by atoms with Gasteiger partial charge in [-0.15, -0.1) is 0 Å². The van der Waals surface area contributed by atoms with Crippen LogP contribution in [0.5, 0.6) is 0 Å². The van der Waals surface area contributed by atoms with E-state index in [0.29, 0.717) is 25.4 Å². The van der Waals surface area contributed by atoms with Crippen molar-refractivity contribution in [1.29, 1.82) is 0 Å². The molecule has 2 heterocycles. The van der Waals surface area contributed by atoms with E-state index in [9.17, 15) is 9.59 Å². The fourth-order valence-electron chi connectivity index (χ4n) is 2.99. The molecule has 0 saturated carbocycles. The summed E-state index contributed by atoms with van der Waals surface area (Å²) in [5.41, 5.74) is 0. The lowest BCUT2D eigenvalue weighted by molar-refractivity contribution is -0.136. The Kier molecular flexibility index (Phi) is 4.80. The number of nitrogens with zero attached hydrogens (tertiary/aromatic N) is 2. The number of hydrogen-bond acceptors (Lipinski definition) is 3. The van der Waals surface area contributed by atoms with Gasteiger partial charge in [-0.05, 0) is 18.9 Å². The molecule has 2 aliphatic rings. The van der Waals surface area contributed by atoms with Gasteiger partial charge in [-0.2, -0.15) is 0 Å². The summed E-state index contributed by atoms with van der Waals surface area (Å²) in [6, 6.07) is 0. The van der Waals surface area contributed by atoms with Crippen molar-refractivity contribution < 1.29 is 9.59 Å². The smallest absolute Gasteiger partial charge is 0.227 e. The van der Waals surface area contributed by atoms with Crippen molar-refractivity contribution in [1.82, 2.24) is 15.1 Å². The molecule has 0 aromatic heterocycles. The maximum absolute atomic E-state index is 12.5. The second-order valence-corrected chi connectivity index (χ2v) is 5.66. The summed E-state index contributed by atoms with van der Waals surface area (Å²) in [5.74, 6) is 1.01. The van der Waals surface area contributed by atoms with Gasteiger partial charge in [-0.1, -0.05) is 13.8 Å². The topological polar surface area (TPSA) is 52.7 Å². The van der Waals surface area contributed by atoms with Crippen LogP contribution in [0.25, 0.3) is 0 Å². The molecule has 0 unspecified atom stereocenters. The summed E-state index contributed by atoms with van der Waals surface area (Å²) in [6.45, 7) is 8.71. The normalized spacial score (nSPS) is 28.3. The first-order valence-electron chi connectivity index (χ1n) is 7.40. The molecule has 2 saturated heterocycles. The van der Waals surface area contributed by atoms with Crippen LogP contribution >= 0.6 is 0 Å². The third-order valence-corrected chi connectivity index (χ3v) is 4.30. The molecule has 0 aliphatic carbocycles. The summed E-state index contributed by atoms with van der Waals surface area (Å²) in [4.78, 5) is 28.1. The van der Waals surface area contributed by atoms with Crippen LogP contribution in [0.2, 0.25) is 0 Å². The molecule has 1 N–H and O–H groups in total. The van der Waals surface area contributed by atoms with Crippen LogP contribution in [0.1, 0.15) is 26.7 Å². The van der Waals surface area contributed by atoms with Crippen molar-refractivity contribution in [2.24, 2.45) is 11.8 Å². The Bertz CT molecular complexity index is 346. The first kappa shape index (κ1) is 14.3. The molecule has 0 aromatic carbocycles. The van der Waals surface area contributed by atoms with Gasteiger partial charge >= 0.3 is 0 Å². The van der Waals surface area contributed by atoms with E-state index in [-0.39, 0.29) is 17.7 Å². The van der Waals surface area contributed by atoms with Crippen LogP contribution < -0.4 is 5.32 Å². The molecular weight excluding hydrogens is 242 g/mol. The molecule has 108 valence electrons. The number of carbonyl (C=O) groups excluding carboxylic acids is 2. The third-order valence-electron chi connectivity index (χ3n) is 4.30. The molecule has 2 fully saturated rings. The minimum atomic E-state index is 0.119. The average Bonchev–Trinajstić information content (AvgIpc) is 2.70. The summed E-state index contributed by atoms with van der Waals surface area (Å²) < 4.78 is 0. The molecule has 0 radical (unpaired) electrons. The maximum atomic E-state index is 12.5. The van der Waals surface area contributed by atoms with Crippen LogP contribution in [0.4, 0.5) is 0 Å². The monoisotopic (exact) mass is 267 g/mol. The van der Waals surface area contributed by atoms with E-state index in [1.165, 1.54) is 0 Å². The lowest BCUT2D eigenvalue weighted by Crippen LogP contribution is -2.41. The zero-order valence-corrected chi connectivity index (χ0v) is 12.0. The minimum absolute atomic E-state index is 0.119. The van der Waals surface area contributed by atoms with E-state index >= 15 is 0 Å². The van der Waals surface area contributed by atoms with E-state index in [0.717, 1.165) is 32.6 Å². The van der Waals surface area contributed by atoms with Crippen molar-refractivity contribution in [2.75, 3.05) is 39.3 Å². The quantitative estimate of drug-likeness (QED) is 0.783. The van der Waals surface area contributed by atoms with Crippen LogP contribution in [-0.4, -0.2) is 60.9 Å². The van der Waals surface area contributed by atoms with Gasteiger partial charge in [0.15, 0.2) is 0 Å². The van der Waals surface area contributed by atoms with Crippen LogP contribution in [0.3, 0.4) is 0 Å². The summed E-state index contributed by atoms with van der Waals surface area (Å²) in [6.07, 6.45) is 1.45. The molecule has 2 amide bonds. The fourth-order valence-corrected chi connectivity index (χ4v) is 2.99.